The van der Waals surface area contributed by atoms with Crippen LogP contribution in [0.2, 0.25) is 0 Å². The van der Waals surface area contributed by atoms with E-state index in [1.165, 1.54) is 49.7 Å². The molecule has 1 aromatic carbocycles. The van der Waals surface area contributed by atoms with Gasteiger partial charge in [0.25, 0.3) is 0 Å². The van der Waals surface area contributed by atoms with Crippen LogP contribution in [0.1, 0.15) is 56.1 Å². The highest BCUT2D eigenvalue weighted by molar-refractivity contribution is 5.22. The van der Waals surface area contributed by atoms with E-state index in [0.29, 0.717) is 0 Å². The second kappa shape index (κ2) is 10.4. The average Bonchev–Trinajstić information content (AvgIpc) is 2.61. The second-order valence-corrected chi connectivity index (χ2v) is 6.86. The van der Waals surface area contributed by atoms with Crippen LogP contribution in [-0.2, 0) is 17.8 Å². The van der Waals surface area contributed by atoms with Gasteiger partial charge in [0, 0.05) is 6.61 Å². The zero-order valence-electron chi connectivity index (χ0n) is 14.5. The van der Waals surface area contributed by atoms with E-state index in [9.17, 15) is 0 Å². The maximum Gasteiger partial charge on any atom is 0.0716 e. The van der Waals surface area contributed by atoms with Crippen LogP contribution in [-0.4, -0.2) is 6.61 Å². The van der Waals surface area contributed by atoms with E-state index in [-0.39, 0.29) is 0 Å². The summed E-state index contributed by atoms with van der Waals surface area (Å²) in [4.78, 5) is 0. The van der Waals surface area contributed by atoms with Crippen LogP contribution in [0.4, 0.5) is 0 Å². The van der Waals surface area contributed by atoms with Crippen LogP contribution >= 0.6 is 0 Å². The van der Waals surface area contributed by atoms with Gasteiger partial charge in [-0.2, -0.15) is 0 Å². The highest BCUT2D eigenvalue weighted by atomic mass is 16.5. The summed E-state index contributed by atoms with van der Waals surface area (Å²) in [6.45, 7) is 9.20. The molecular weight excluding hydrogens is 280 g/mol. The van der Waals surface area contributed by atoms with Gasteiger partial charge in [0.1, 0.15) is 0 Å². The number of ether oxygens (including phenoxy) is 1. The summed E-state index contributed by atoms with van der Waals surface area (Å²) in [6.07, 6.45) is 14.2. The first-order chi connectivity index (χ1) is 11.3. The number of unbranched alkanes of at least 4 members (excludes halogenated alkanes) is 1. The molecule has 0 saturated heterocycles. The fourth-order valence-corrected chi connectivity index (χ4v) is 3.41. The van der Waals surface area contributed by atoms with Gasteiger partial charge in [-0.15, -0.1) is 13.2 Å². The monoisotopic (exact) mass is 312 g/mol. The van der Waals surface area contributed by atoms with Crippen molar-refractivity contribution >= 4 is 0 Å². The lowest BCUT2D eigenvalue weighted by Crippen LogP contribution is -2.13. The maximum atomic E-state index is 5.68. The molecule has 2 rings (SSSR count). The molecule has 0 aliphatic heterocycles. The lowest BCUT2D eigenvalue weighted by Gasteiger charge is -2.26. The van der Waals surface area contributed by atoms with Crippen LogP contribution in [0, 0.1) is 11.8 Å². The van der Waals surface area contributed by atoms with Crippen molar-refractivity contribution in [3.8, 4) is 0 Å². The average molecular weight is 312 g/mol. The SMILES string of the molecule is C=CCCCOCc1ccc(CCC2CCC(C=C)CC2)cc1. The number of allylic oxidation sites excluding steroid dienone is 2. The van der Waals surface area contributed by atoms with Gasteiger partial charge in [-0.25, -0.2) is 0 Å². The lowest BCUT2D eigenvalue weighted by molar-refractivity contribution is 0.119. The maximum absolute atomic E-state index is 5.68. The normalized spacial score (nSPS) is 21.0. The first-order valence-electron chi connectivity index (χ1n) is 9.21. The minimum atomic E-state index is 0.725. The topological polar surface area (TPSA) is 9.23 Å². The summed E-state index contributed by atoms with van der Waals surface area (Å²) in [5, 5.41) is 0. The largest absolute Gasteiger partial charge is 0.377 e. The Kier molecular flexibility index (Phi) is 8.17. The minimum absolute atomic E-state index is 0.725. The van der Waals surface area contributed by atoms with Crippen molar-refractivity contribution in [2.24, 2.45) is 11.8 Å². The fraction of sp³-hybridized carbons (Fsp3) is 0.545. The number of benzene rings is 1. The van der Waals surface area contributed by atoms with Gasteiger partial charge in [-0.1, -0.05) is 36.4 Å². The van der Waals surface area contributed by atoms with Crippen molar-refractivity contribution in [3.05, 3.63) is 60.7 Å². The Labute approximate surface area is 142 Å². The van der Waals surface area contributed by atoms with Crippen LogP contribution < -0.4 is 0 Å². The molecule has 126 valence electrons. The Hall–Kier alpha value is -1.34. The molecule has 1 heteroatoms. The molecule has 1 nitrogen and oxygen atoms in total. The van der Waals surface area contributed by atoms with E-state index in [0.717, 1.165) is 37.9 Å². The molecule has 0 spiro atoms. The van der Waals surface area contributed by atoms with Gasteiger partial charge in [0.2, 0.25) is 0 Å². The molecule has 23 heavy (non-hydrogen) atoms. The predicted molar refractivity (Wildman–Crippen MR) is 99.5 cm³/mol. The summed E-state index contributed by atoms with van der Waals surface area (Å²) in [6, 6.07) is 8.99. The minimum Gasteiger partial charge on any atom is -0.377 e. The van der Waals surface area contributed by atoms with Crippen molar-refractivity contribution in [1.82, 2.24) is 0 Å². The molecule has 1 aliphatic carbocycles. The summed E-state index contributed by atoms with van der Waals surface area (Å²) in [5.41, 5.74) is 2.74. The number of hydrogen-bond acceptors (Lipinski definition) is 1. The fourth-order valence-electron chi connectivity index (χ4n) is 3.41. The van der Waals surface area contributed by atoms with E-state index < -0.39 is 0 Å². The van der Waals surface area contributed by atoms with Crippen LogP contribution in [0.15, 0.2) is 49.6 Å². The van der Waals surface area contributed by atoms with Gasteiger partial charge in [-0.05, 0) is 74.3 Å². The van der Waals surface area contributed by atoms with E-state index in [2.05, 4.69) is 43.5 Å². The highest BCUT2D eigenvalue weighted by Crippen LogP contribution is 2.32. The van der Waals surface area contributed by atoms with E-state index in [1.54, 1.807) is 0 Å². The first kappa shape index (κ1) is 18.0. The predicted octanol–water partition coefficient (Wildman–Crippen LogP) is 6.09. The third-order valence-corrected chi connectivity index (χ3v) is 5.05. The molecule has 0 unspecified atom stereocenters. The summed E-state index contributed by atoms with van der Waals surface area (Å²) in [7, 11) is 0. The molecule has 0 heterocycles. The number of rotatable bonds is 10. The molecule has 0 N–H and O–H groups in total. The molecule has 0 atom stereocenters. The molecular formula is C22H32O. The number of aryl methyl sites for hydroxylation is 1. The highest BCUT2D eigenvalue weighted by Gasteiger charge is 2.18. The van der Waals surface area contributed by atoms with Crippen LogP contribution in [0.3, 0.4) is 0 Å². The quantitative estimate of drug-likeness (QED) is 0.375. The molecule has 1 aliphatic rings. The van der Waals surface area contributed by atoms with Gasteiger partial charge in [-0.3, -0.25) is 0 Å². The van der Waals surface area contributed by atoms with Gasteiger partial charge < -0.3 is 4.74 Å². The first-order valence-corrected chi connectivity index (χ1v) is 9.21. The smallest absolute Gasteiger partial charge is 0.0716 e. The Morgan fingerprint density at radius 3 is 2.35 bits per heavy atom. The van der Waals surface area contributed by atoms with Crippen molar-refractivity contribution in [1.29, 1.82) is 0 Å². The second-order valence-electron chi connectivity index (χ2n) is 6.86. The molecule has 0 radical (unpaired) electrons. The Morgan fingerprint density at radius 1 is 1.00 bits per heavy atom. The Morgan fingerprint density at radius 2 is 1.70 bits per heavy atom. The molecule has 0 amide bonds. The van der Waals surface area contributed by atoms with Gasteiger partial charge >= 0.3 is 0 Å². The number of hydrogen-bond donors (Lipinski definition) is 0. The van der Waals surface area contributed by atoms with Crippen LogP contribution in [0.5, 0.6) is 0 Å². The molecule has 0 bridgehead atoms. The van der Waals surface area contributed by atoms with Crippen molar-refractivity contribution < 1.29 is 4.74 Å². The standard InChI is InChI=1S/C22H32O/c1-3-5-6-17-23-18-22-15-13-21(14-16-22)12-11-20-9-7-19(4-2)8-10-20/h3-4,13-16,19-20H,1-2,5-12,17-18H2. The van der Waals surface area contributed by atoms with E-state index in [1.807, 2.05) is 6.08 Å². The molecule has 0 aromatic heterocycles. The molecule has 1 aromatic rings. The van der Waals surface area contributed by atoms with Gasteiger partial charge in [0.15, 0.2) is 0 Å². The molecule has 1 saturated carbocycles. The third-order valence-electron chi connectivity index (χ3n) is 5.05. The lowest BCUT2D eigenvalue weighted by atomic mass is 9.79. The zero-order chi connectivity index (χ0) is 16.3. The van der Waals surface area contributed by atoms with Crippen molar-refractivity contribution in [3.63, 3.8) is 0 Å². The summed E-state index contributed by atoms with van der Waals surface area (Å²) >= 11 is 0. The Bertz CT molecular complexity index is 451. The van der Waals surface area contributed by atoms with E-state index in [4.69, 9.17) is 4.74 Å². The van der Waals surface area contributed by atoms with Gasteiger partial charge in [0.05, 0.1) is 6.61 Å². The summed E-state index contributed by atoms with van der Waals surface area (Å²) in [5.74, 6) is 1.69. The van der Waals surface area contributed by atoms with Crippen molar-refractivity contribution in [2.75, 3.05) is 6.61 Å². The van der Waals surface area contributed by atoms with Crippen LogP contribution in [0.25, 0.3) is 0 Å². The summed E-state index contributed by atoms with van der Waals surface area (Å²) < 4.78 is 5.68. The van der Waals surface area contributed by atoms with E-state index >= 15 is 0 Å². The third kappa shape index (κ3) is 6.74. The zero-order valence-corrected chi connectivity index (χ0v) is 14.5. The molecule has 1 fully saturated rings. The Balaban J connectivity index is 1.64. The van der Waals surface area contributed by atoms with Crippen molar-refractivity contribution in [2.45, 2.75) is 58.0 Å².